The predicted molar refractivity (Wildman–Crippen MR) is 81.0 cm³/mol. The Kier molecular flexibility index (Phi) is 5.08. The van der Waals surface area contributed by atoms with Crippen LogP contribution in [0.1, 0.15) is 16.1 Å². The van der Waals surface area contributed by atoms with Crippen LogP contribution in [0.4, 0.5) is 13.2 Å². The van der Waals surface area contributed by atoms with Crippen molar-refractivity contribution in [3.8, 4) is 11.3 Å². The van der Waals surface area contributed by atoms with Gasteiger partial charge in [-0.2, -0.15) is 13.2 Å². The number of alkyl halides is 3. The van der Waals surface area contributed by atoms with Gasteiger partial charge in [0.15, 0.2) is 5.69 Å². The Labute approximate surface area is 143 Å². The Morgan fingerprint density at radius 1 is 1.13 bits per heavy atom. The number of methoxy groups -OCH3 is 1. The topological polar surface area (TPSA) is 39.2 Å². The highest BCUT2D eigenvalue weighted by Gasteiger charge is 2.38. The smallest absolute Gasteiger partial charge is 0.434 e. The normalized spacial score (nSPS) is 11.4. The van der Waals surface area contributed by atoms with Gasteiger partial charge < -0.3 is 4.74 Å². The fraction of sp³-hybridized carbons (Fsp3) is 0.143. The summed E-state index contributed by atoms with van der Waals surface area (Å²) in [5.74, 6) is -1.14. The summed E-state index contributed by atoms with van der Waals surface area (Å²) in [5, 5.41) is 0.224. The summed E-state index contributed by atoms with van der Waals surface area (Å²) in [6.45, 7) is 0. The SMILES string of the molecule is COC(=O)c1ccc(-c2cc(Cl)c(Cl)c(Cl)c2)nc1C(F)(F)F. The number of benzene rings is 1. The molecule has 0 aliphatic heterocycles. The fourth-order valence-electron chi connectivity index (χ4n) is 1.81. The van der Waals surface area contributed by atoms with Crippen molar-refractivity contribution < 1.29 is 22.7 Å². The van der Waals surface area contributed by atoms with Crippen molar-refractivity contribution in [1.29, 1.82) is 0 Å². The van der Waals surface area contributed by atoms with E-state index in [2.05, 4.69) is 9.72 Å². The first-order valence-electron chi connectivity index (χ1n) is 5.96. The minimum absolute atomic E-state index is 0.0644. The van der Waals surface area contributed by atoms with Gasteiger partial charge in [0.2, 0.25) is 0 Å². The molecule has 9 heteroatoms. The number of carbonyl (C=O) groups is 1. The molecule has 0 atom stereocenters. The molecule has 1 heterocycles. The van der Waals surface area contributed by atoms with Gasteiger partial charge in [0.05, 0.1) is 33.4 Å². The van der Waals surface area contributed by atoms with Crippen LogP contribution in [0, 0.1) is 0 Å². The first-order valence-corrected chi connectivity index (χ1v) is 7.10. The number of hydrogen-bond acceptors (Lipinski definition) is 3. The van der Waals surface area contributed by atoms with Gasteiger partial charge in [-0.05, 0) is 24.3 Å². The molecule has 2 aromatic rings. The molecular formula is C14H7Cl3F3NO2. The van der Waals surface area contributed by atoms with Gasteiger partial charge in [-0.15, -0.1) is 0 Å². The molecule has 0 aliphatic rings. The molecule has 1 aromatic carbocycles. The molecule has 0 saturated carbocycles. The van der Waals surface area contributed by atoms with Crippen molar-refractivity contribution in [1.82, 2.24) is 4.98 Å². The van der Waals surface area contributed by atoms with Crippen molar-refractivity contribution in [3.05, 3.63) is 50.6 Å². The van der Waals surface area contributed by atoms with Crippen LogP contribution in [0.15, 0.2) is 24.3 Å². The molecule has 0 spiro atoms. The lowest BCUT2D eigenvalue weighted by Gasteiger charge is -2.13. The zero-order valence-electron chi connectivity index (χ0n) is 11.3. The minimum Gasteiger partial charge on any atom is -0.465 e. The van der Waals surface area contributed by atoms with Gasteiger partial charge >= 0.3 is 12.1 Å². The predicted octanol–water partition coefficient (Wildman–Crippen LogP) is 5.51. The lowest BCUT2D eigenvalue weighted by Crippen LogP contribution is -2.16. The standard InChI is InChI=1S/C14H7Cl3F3NO2/c1-23-13(22)7-2-3-10(21-12(7)14(18,19)20)6-4-8(15)11(17)9(16)5-6/h2-5H,1H3. The highest BCUT2D eigenvalue weighted by Crippen LogP contribution is 2.37. The van der Waals surface area contributed by atoms with Crippen LogP contribution in [0.5, 0.6) is 0 Å². The van der Waals surface area contributed by atoms with E-state index in [-0.39, 0.29) is 26.3 Å². The molecule has 0 unspecified atom stereocenters. The summed E-state index contributed by atoms with van der Waals surface area (Å²) in [6, 6.07) is 4.87. The maximum atomic E-state index is 13.1. The van der Waals surface area contributed by atoms with Gasteiger partial charge in [-0.1, -0.05) is 34.8 Å². The van der Waals surface area contributed by atoms with Gasteiger partial charge in [0.25, 0.3) is 0 Å². The van der Waals surface area contributed by atoms with Crippen LogP contribution in [-0.2, 0) is 10.9 Å². The Balaban J connectivity index is 2.64. The Hall–Kier alpha value is -1.50. The second kappa shape index (κ2) is 6.55. The summed E-state index contributed by atoms with van der Waals surface area (Å²) in [7, 11) is 0.981. The van der Waals surface area contributed by atoms with Gasteiger partial charge in [0, 0.05) is 5.56 Å². The number of hydrogen-bond donors (Lipinski definition) is 0. The highest BCUT2D eigenvalue weighted by molar-refractivity contribution is 6.48. The highest BCUT2D eigenvalue weighted by atomic mass is 35.5. The van der Waals surface area contributed by atoms with Crippen molar-refractivity contribution in [2.24, 2.45) is 0 Å². The lowest BCUT2D eigenvalue weighted by molar-refractivity contribution is -0.141. The Morgan fingerprint density at radius 3 is 2.17 bits per heavy atom. The summed E-state index contributed by atoms with van der Waals surface area (Å²) >= 11 is 17.5. The summed E-state index contributed by atoms with van der Waals surface area (Å²) in [4.78, 5) is 15.0. The maximum absolute atomic E-state index is 13.1. The number of carbonyl (C=O) groups excluding carboxylic acids is 1. The summed E-state index contributed by atoms with van der Waals surface area (Å²) < 4.78 is 43.7. The quantitative estimate of drug-likeness (QED) is 0.506. The van der Waals surface area contributed by atoms with Gasteiger partial charge in [-0.25, -0.2) is 9.78 Å². The third-order valence-electron chi connectivity index (χ3n) is 2.85. The zero-order chi connectivity index (χ0) is 17.4. The number of ether oxygens (including phenoxy) is 1. The van der Waals surface area contributed by atoms with E-state index in [9.17, 15) is 18.0 Å². The van der Waals surface area contributed by atoms with Crippen molar-refractivity contribution >= 4 is 40.8 Å². The van der Waals surface area contributed by atoms with E-state index in [0.29, 0.717) is 0 Å². The lowest BCUT2D eigenvalue weighted by atomic mass is 10.1. The molecule has 23 heavy (non-hydrogen) atoms. The summed E-state index contributed by atoms with van der Waals surface area (Å²) in [5.41, 5.74) is -1.88. The molecular weight excluding hydrogens is 378 g/mol. The molecule has 0 radical (unpaired) electrons. The van der Waals surface area contributed by atoms with Crippen molar-refractivity contribution in [2.75, 3.05) is 7.11 Å². The summed E-state index contributed by atoms with van der Waals surface area (Å²) in [6.07, 6.45) is -4.83. The Morgan fingerprint density at radius 2 is 1.70 bits per heavy atom. The van der Waals surface area contributed by atoms with Crippen LogP contribution in [-0.4, -0.2) is 18.1 Å². The average Bonchev–Trinajstić information content (AvgIpc) is 2.49. The van der Waals surface area contributed by atoms with E-state index in [1.807, 2.05) is 0 Å². The van der Waals surface area contributed by atoms with E-state index in [0.717, 1.165) is 13.2 Å². The maximum Gasteiger partial charge on any atom is 0.434 e. The molecule has 0 bridgehead atoms. The first-order chi connectivity index (χ1) is 10.6. The zero-order valence-corrected chi connectivity index (χ0v) is 13.6. The van der Waals surface area contributed by atoms with E-state index >= 15 is 0 Å². The minimum atomic E-state index is -4.83. The van der Waals surface area contributed by atoms with Crippen LogP contribution < -0.4 is 0 Å². The number of nitrogens with zero attached hydrogens (tertiary/aromatic N) is 1. The third-order valence-corrected chi connectivity index (χ3v) is 4.05. The van der Waals surface area contributed by atoms with Gasteiger partial charge in [-0.3, -0.25) is 0 Å². The molecule has 0 N–H and O–H groups in total. The number of rotatable bonds is 2. The van der Waals surface area contributed by atoms with Crippen molar-refractivity contribution in [2.45, 2.75) is 6.18 Å². The second-order valence-corrected chi connectivity index (χ2v) is 5.53. The molecule has 122 valence electrons. The van der Waals surface area contributed by atoms with Gasteiger partial charge in [0.1, 0.15) is 0 Å². The number of pyridine rings is 1. The molecule has 1 aromatic heterocycles. The third kappa shape index (κ3) is 3.71. The number of esters is 1. The van der Waals surface area contributed by atoms with Crippen LogP contribution in [0.2, 0.25) is 15.1 Å². The molecule has 2 rings (SSSR count). The number of aromatic nitrogens is 1. The molecule has 0 saturated heterocycles. The van der Waals surface area contributed by atoms with E-state index in [4.69, 9.17) is 34.8 Å². The molecule has 0 aliphatic carbocycles. The molecule has 3 nitrogen and oxygen atoms in total. The van der Waals surface area contributed by atoms with Crippen molar-refractivity contribution in [3.63, 3.8) is 0 Å². The first kappa shape index (κ1) is 17.8. The number of halogens is 6. The monoisotopic (exact) mass is 383 g/mol. The van der Waals surface area contributed by atoms with Crippen LogP contribution in [0.25, 0.3) is 11.3 Å². The molecule has 0 amide bonds. The molecule has 0 fully saturated rings. The largest absolute Gasteiger partial charge is 0.465 e. The van der Waals surface area contributed by atoms with Crippen LogP contribution in [0.3, 0.4) is 0 Å². The van der Waals surface area contributed by atoms with E-state index < -0.39 is 23.4 Å². The fourth-order valence-corrected chi connectivity index (χ4v) is 2.41. The second-order valence-electron chi connectivity index (χ2n) is 4.34. The Bertz CT molecular complexity index is 755. The van der Waals surface area contributed by atoms with Crippen LogP contribution >= 0.6 is 34.8 Å². The van der Waals surface area contributed by atoms with E-state index in [1.54, 1.807) is 0 Å². The van der Waals surface area contributed by atoms with E-state index in [1.165, 1.54) is 18.2 Å². The average molecular weight is 385 g/mol.